The molecule has 0 bridgehead atoms. The molecule has 0 spiro atoms. The largest absolute Gasteiger partial charge is 0.478 e. The molecule has 0 atom stereocenters. The van der Waals surface area contributed by atoms with E-state index in [0.29, 0.717) is 5.89 Å². The highest BCUT2D eigenvalue weighted by Crippen LogP contribution is 2.27. The fraction of sp³-hybridized carbons (Fsp3) is 0.200. The molecule has 2 aromatic rings. The van der Waals surface area contributed by atoms with Crippen LogP contribution in [0.25, 0.3) is 0 Å². The number of ether oxygens (including phenoxy) is 1. The monoisotopic (exact) mass is 253 g/mol. The molecule has 1 heterocycles. The molecule has 0 radical (unpaired) electrons. The van der Waals surface area contributed by atoms with E-state index in [4.69, 9.17) is 9.26 Å². The molecule has 94 valence electrons. The van der Waals surface area contributed by atoms with Gasteiger partial charge < -0.3 is 9.26 Å². The van der Waals surface area contributed by atoms with Crippen molar-refractivity contribution in [2.75, 3.05) is 0 Å². The summed E-state index contributed by atoms with van der Waals surface area (Å²) in [6, 6.07) is 2.96. The van der Waals surface area contributed by atoms with E-state index in [1.54, 1.807) is 6.92 Å². The zero-order valence-corrected chi connectivity index (χ0v) is 9.29. The van der Waals surface area contributed by atoms with Crippen LogP contribution in [-0.4, -0.2) is 15.1 Å². The van der Waals surface area contributed by atoms with E-state index in [1.807, 2.05) is 0 Å². The number of benzene rings is 1. The van der Waals surface area contributed by atoms with Crippen LogP contribution in [0.4, 0.5) is 10.1 Å². The summed E-state index contributed by atoms with van der Waals surface area (Å²) in [5.74, 6) is -0.226. The summed E-state index contributed by atoms with van der Waals surface area (Å²) in [6.45, 7) is 1.46. The maximum absolute atomic E-state index is 13.0. The lowest BCUT2D eigenvalue weighted by molar-refractivity contribution is -0.386. The average molecular weight is 253 g/mol. The van der Waals surface area contributed by atoms with Crippen LogP contribution in [0.1, 0.15) is 11.7 Å². The van der Waals surface area contributed by atoms with Crippen LogP contribution in [-0.2, 0) is 6.61 Å². The van der Waals surface area contributed by atoms with E-state index >= 15 is 0 Å². The van der Waals surface area contributed by atoms with Crippen LogP contribution in [0.3, 0.4) is 0 Å². The number of rotatable bonds is 4. The van der Waals surface area contributed by atoms with Gasteiger partial charge in [-0.25, -0.2) is 4.39 Å². The quantitative estimate of drug-likeness (QED) is 0.611. The molecule has 18 heavy (non-hydrogen) atoms. The van der Waals surface area contributed by atoms with Crippen LogP contribution in [0, 0.1) is 22.9 Å². The molecule has 0 fully saturated rings. The van der Waals surface area contributed by atoms with Gasteiger partial charge in [0.25, 0.3) is 0 Å². The van der Waals surface area contributed by atoms with E-state index in [1.165, 1.54) is 0 Å². The van der Waals surface area contributed by atoms with E-state index in [2.05, 4.69) is 10.1 Å². The fourth-order valence-corrected chi connectivity index (χ4v) is 1.30. The highest BCUT2D eigenvalue weighted by Gasteiger charge is 2.16. The van der Waals surface area contributed by atoms with Crippen molar-refractivity contribution in [1.29, 1.82) is 0 Å². The third kappa shape index (κ3) is 2.59. The van der Waals surface area contributed by atoms with Gasteiger partial charge in [0.2, 0.25) is 11.7 Å². The standard InChI is InChI=1S/C10H8FN3O4/c1-6-12-10(13-18-6)5-17-9-4-7(11)2-3-8(9)14(15)16/h2-4H,5H2,1H3. The maximum Gasteiger partial charge on any atom is 0.311 e. The van der Waals surface area contributed by atoms with Gasteiger partial charge in [-0.2, -0.15) is 4.98 Å². The highest BCUT2D eigenvalue weighted by atomic mass is 19.1. The first-order chi connectivity index (χ1) is 8.56. The number of aromatic nitrogens is 2. The van der Waals surface area contributed by atoms with Gasteiger partial charge in [-0.1, -0.05) is 5.16 Å². The number of hydrogen-bond acceptors (Lipinski definition) is 6. The molecule has 2 rings (SSSR count). The normalized spacial score (nSPS) is 10.3. The Morgan fingerprint density at radius 1 is 1.56 bits per heavy atom. The zero-order valence-electron chi connectivity index (χ0n) is 9.29. The van der Waals surface area contributed by atoms with Gasteiger partial charge in [0, 0.05) is 19.1 Å². The van der Waals surface area contributed by atoms with Crippen molar-refractivity contribution in [3.05, 3.63) is 45.8 Å². The van der Waals surface area contributed by atoms with Crippen LogP contribution in [0.2, 0.25) is 0 Å². The van der Waals surface area contributed by atoms with Gasteiger partial charge in [-0.15, -0.1) is 0 Å². The lowest BCUT2D eigenvalue weighted by Gasteiger charge is -2.03. The first-order valence-electron chi connectivity index (χ1n) is 4.92. The van der Waals surface area contributed by atoms with E-state index in [9.17, 15) is 14.5 Å². The summed E-state index contributed by atoms with van der Waals surface area (Å²) >= 11 is 0. The first-order valence-corrected chi connectivity index (χ1v) is 4.92. The lowest BCUT2D eigenvalue weighted by Crippen LogP contribution is -2.01. The summed E-state index contributed by atoms with van der Waals surface area (Å²) in [4.78, 5) is 13.9. The molecule has 0 saturated heterocycles. The molecule has 8 heteroatoms. The Bertz CT molecular complexity index is 584. The maximum atomic E-state index is 13.0. The Balaban J connectivity index is 2.17. The molecule has 0 aliphatic rings. The molecule has 0 unspecified atom stereocenters. The van der Waals surface area contributed by atoms with Crippen molar-refractivity contribution in [2.24, 2.45) is 0 Å². The van der Waals surface area contributed by atoms with Crippen molar-refractivity contribution in [2.45, 2.75) is 13.5 Å². The third-order valence-electron chi connectivity index (χ3n) is 2.04. The summed E-state index contributed by atoms with van der Waals surface area (Å²) in [6.07, 6.45) is 0. The number of aryl methyl sites for hydroxylation is 1. The van der Waals surface area contributed by atoms with Crippen molar-refractivity contribution in [3.63, 3.8) is 0 Å². The third-order valence-corrected chi connectivity index (χ3v) is 2.04. The van der Waals surface area contributed by atoms with Gasteiger partial charge in [-0.3, -0.25) is 10.1 Å². The van der Waals surface area contributed by atoms with Gasteiger partial charge in [0.05, 0.1) is 4.92 Å². The minimum absolute atomic E-state index is 0.137. The van der Waals surface area contributed by atoms with Crippen LogP contribution < -0.4 is 4.74 Å². The highest BCUT2D eigenvalue weighted by molar-refractivity contribution is 5.46. The topological polar surface area (TPSA) is 91.3 Å². The Kier molecular flexibility index (Phi) is 3.18. The van der Waals surface area contributed by atoms with Crippen LogP contribution >= 0.6 is 0 Å². The molecule has 0 aliphatic heterocycles. The molecular formula is C10H8FN3O4. The predicted molar refractivity (Wildman–Crippen MR) is 56.4 cm³/mol. The smallest absolute Gasteiger partial charge is 0.311 e. The predicted octanol–water partition coefficient (Wildman–Crippen LogP) is 2.00. The van der Waals surface area contributed by atoms with E-state index in [-0.39, 0.29) is 23.9 Å². The fourth-order valence-electron chi connectivity index (χ4n) is 1.30. The molecule has 7 nitrogen and oxygen atoms in total. The van der Waals surface area contributed by atoms with Gasteiger partial charge in [-0.05, 0) is 6.07 Å². The Hall–Kier alpha value is -2.51. The molecule has 0 saturated carbocycles. The number of hydrogen-bond donors (Lipinski definition) is 0. The van der Waals surface area contributed by atoms with Crippen molar-refractivity contribution in [3.8, 4) is 5.75 Å². The Morgan fingerprint density at radius 3 is 2.94 bits per heavy atom. The van der Waals surface area contributed by atoms with E-state index in [0.717, 1.165) is 18.2 Å². The Morgan fingerprint density at radius 2 is 2.33 bits per heavy atom. The van der Waals surface area contributed by atoms with Crippen LogP contribution in [0.15, 0.2) is 22.7 Å². The second kappa shape index (κ2) is 4.78. The van der Waals surface area contributed by atoms with Crippen molar-refractivity contribution >= 4 is 5.69 Å². The average Bonchev–Trinajstić information content (AvgIpc) is 2.72. The molecule has 1 aromatic carbocycles. The molecular weight excluding hydrogens is 245 g/mol. The summed E-state index contributed by atoms with van der Waals surface area (Å²) in [7, 11) is 0. The Labute approximate surface area is 100 Å². The number of halogens is 1. The molecule has 1 aromatic heterocycles. The number of nitrogens with zero attached hydrogens (tertiary/aromatic N) is 3. The van der Waals surface area contributed by atoms with Crippen molar-refractivity contribution in [1.82, 2.24) is 10.1 Å². The number of nitro groups is 1. The van der Waals surface area contributed by atoms with E-state index < -0.39 is 10.7 Å². The summed E-state index contributed by atoms with van der Waals surface area (Å²) in [5, 5.41) is 14.3. The first kappa shape index (κ1) is 12.0. The zero-order chi connectivity index (χ0) is 13.1. The molecule has 0 N–H and O–H groups in total. The van der Waals surface area contributed by atoms with Gasteiger partial charge >= 0.3 is 5.69 Å². The summed E-state index contributed by atoms with van der Waals surface area (Å²) < 4.78 is 22.8. The second-order valence-electron chi connectivity index (χ2n) is 3.39. The molecule has 0 aliphatic carbocycles. The van der Waals surface area contributed by atoms with Crippen LogP contribution in [0.5, 0.6) is 5.75 Å². The molecule has 0 amide bonds. The minimum Gasteiger partial charge on any atom is -0.478 e. The van der Waals surface area contributed by atoms with Gasteiger partial charge in [0.1, 0.15) is 5.82 Å². The minimum atomic E-state index is -0.656. The SMILES string of the molecule is Cc1nc(COc2cc(F)ccc2[N+](=O)[O-])no1. The summed E-state index contributed by atoms with van der Waals surface area (Å²) in [5.41, 5.74) is -0.323. The van der Waals surface area contributed by atoms with Crippen molar-refractivity contribution < 1.29 is 18.6 Å². The number of nitro benzene ring substituents is 1. The lowest BCUT2D eigenvalue weighted by atomic mass is 10.3. The van der Waals surface area contributed by atoms with Gasteiger partial charge in [0.15, 0.2) is 12.4 Å². The second-order valence-corrected chi connectivity index (χ2v) is 3.39.